The van der Waals surface area contributed by atoms with Crippen LogP contribution in [0.25, 0.3) is 10.8 Å². The summed E-state index contributed by atoms with van der Waals surface area (Å²) in [5, 5.41) is 23.9. The van der Waals surface area contributed by atoms with Crippen molar-refractivity contribution in [1.29, 1.82) is 0 Å². The molecular formula is C27H31LiO3S. The Bertz CT molecular complexity index is 1010. The van der Waals surface area contributed by atoms with Gasteiger partial charge in [-0.25, -0.2) is 0 Å². The van der Waals surface area contributed by atoms with Crippen molar-refractivity contribution >= 4 is 28.5 Å². The van der Waals surface area contributed by atoms with Crippen LogP contribution < -0.4 is 24.0 Å². The van der Waals surface area contributed by atoms with Crippen LogP contribution in [0.3, 0.4) is 0 Å². The van der Waals surface area contributed by atoms with Gasteiger partial charge in [-0.1, -0.05) is 87.9 Å². The van der Waals surface area contributed by atoms with Gasteiger partial charge in [0.25, 0.3) is 0 Å². The van der Waals surface area contributed by atoms with E-state index in [2.05, 4.69) is 37.3 Å². The van der Waals surface area contributed by atoms with E-state index in [0.717, 1.165) is 39.8 Å². The zero-order valence-corrected chi connectivity index (χ0v) is 20.0. The van der Waals surface area contributed by atoms with Crippen LogP contribution in [0.2, 0.25) is 0 Å². The van der Waals surface area contributed by atoms with Gasteiger partial charge in [0.1, 0.15) is 0 Å². The molecule has 0 spiro atoms. The molecule has 3 aromatic carbocycles. The summed E-state index contributed by atoms with van der Waals surface area (Å²) < 4.78 is 0. The Morgan fingerprint density at radius 1 is 0.938 bits per heavy atom. The van der Waals surface area contributed by atoms with Crippen molar-refractivity contribution in [3.05, 3.63) is 77.4 Å². The maximum absolute atomic E-state index is 11.0. The van der Waals surface area contributed by atoms with Gasteiger partial charge >= 0.3 is 18.9 Å². The number of aliphatic hydroxyl groups excluding tert-OH is 1. The molecule has 0 saturated carbocycles. The number of thioether (sulfide) groups is 1. The van der Waals surface area contributed by atoms with Gasteiger partial charge in [0, 0.05) is 10.6 Å². The second-order valence-corrected chi connectivity index (χ2v) is 9.17. The van der Waals surface area contributed by atoms with Crippen molar-refractivity contribution in [2.75, 3.05) is 0 Å². The first-order valence-corrected chi connectivity index (χ1v) is 12.2. The number of aliphatic hydroxyl groups is 1. The molecule has 1 atom stereocenters. The Balaban J connectivity index is 0.00000363. The fraction of sp³-hybridized carbons (Fsp3) is 0.370. The summed E-state index contributed by atoms with van der Waals surface area (Å²) >= 11 is 1.60. The van der Waals surface area contributed by atoms with E-state index in [0.29, 0.717) is 0 Å². The molecule has 0 amide bonds. The number of carbonyl (C=O) groups is 1. The first kappa shape index (κ1) is 26.5. The van der Waals surface area contributed by atoms with Crippen molar-refractivity contribution in [3.63, 3.8) is 0 Å². The van der Waals surface area contributed by atoms with Gasteiger partial charge in [-0.15, -0.1) is 11.8 Å². The molecule has 0 bridgehead atoms. The Morgan fingerprint density at radius 3 is 2.47 bits per heavy atom. The Hall–Kier alpha value is -1.70. The quantitative estimate of drug-likeness (QED) is 0.266. The Labute approximate surface area is 207 Å². The number of fused-ring (bicyclic) bond motifs is 1. The summed E-state index contributed by atoms with van der Waals surface area (Å²) in [6, 6.07) is 19.4. The smallest absolute Gasteiger partial charge is 0.545 e. The first-order chi connectivity index (χ1) is 15.1. The van der Waals surface area contributed by atoms with E-state index in [4.69, 9.17) is 0 Å². The molecule has 0 saturated heterocycles. The molecule has 3 aromatic rings. The molecule has 0 aliphatic rings. The fourth-order valence-electron chi connectivity index (χ4n) is 3.78. The summed E-state index contributed by atoms with van der Waals surface area (Å²) in [5.74, 6) is -0.406. The van der Waals surface area contributed by atoms with E-state index >= 15 is 0 Å². The van der Waals surface area contributed by atoms with Crippen molar-refractivity contribution in [2.24, 2.45) is 0 Å². The number of carboxylic acid groups (broad SMARTS) is 1. The molecule has 32 heavy (non-hydrogen) atoms. The van der Waals surface area contributed by atoms with Crippen molar-refractivity contribution in [2.45, 2.75) is 68.6 Å². The van der Waals surface area contributed by atoms with E-state index in [-0.39, 0.29) is 24.4 Å². The molecule has 0 aliphatic heterocycles. The van der Waals surface area contributed by atoms with E-state index in [1.54, 1.807) is 30.0 Å². The molecule has 0 fully saturated rings. The molecule has 164 valence electrons. The monoisotopic (exact) mass is 442 g/mol. The summed E-state index contributed by atoms with van der Waals surface area (Å²) in [5.41, 5.74) is 2.35. The van der Waals surface area contributed by atoms with Crippen LogP contribution in [0.15, 0.2) is 65.6 Å². The van der Waals surface area contributed by atoms with Crippen LogP contribution >= 0.6 is 11.8 Å². The number of carboxylic acids is 1. The number of hydrogen-bond donors (Lipinski definition) is 1. The summed E-state index contributed by atoms with van der Waals surface area (Å²) in [6.07, 6.45) is 7.74. The minimum Gasteiger partial charge on any atom is -0.545 e. The van der Waals surface area contributed by atoms with Gasteiger partial charge in [-0.3, -0.25) is 0 Å². The average molecular weight is 443 g/mol. The maximum Gasteiger partial charge on any atom is 1.00 e. The van der Waals surface area contributed by atoms with Crippen LogP contribution in [-0.4, -0.2) is 11.1 Å². The van der Waals surface area contributed by atoms with Crippen LogP contribution in [0.4, 0.5) is 0 Å². The van der Waals surface area contributed by atoms with Gasteiger partial charge in [-0.2, -0.15) is 0 Å². The molecule has 0 heterocycles. The maximum atomic E-state index is 11.0. The van der Waals surface area contributed by atoms with Gasteiger partial charge in [0.15, 0.2) is 0 Å². The van der Waals surface area contributed by atoms with Crippen LogP contribution in [-0.2, 0) is 5.75 Å². The van der Waals surface area contributed by atoms with E-state index in [9.17, 15) is 15.0 Å². The first-order valence-electron chi connectivity index (χ1n) is 11.2. The number of hydrogen-bond acceptors (Lipinski definition) is 4. The second kappa shape index (κ2) is 13.8. The molecule has 3 rings (SSSR count). The minimum absolute atomic E-state index is 0. The molecule has 0 aromatic heterocycles. The van der Waals surface area contributed by atoms with Crippen molar-refractivity contribution in [1.82, 2.24) is 0 Å². The minimum atomic E-state index is -1.15. The SMILES string of the molecule is CCCCCCCCC(O)c1ccc2ccc(CSc3cccc(C(=O)[O-])c3)cc2c1.[Li+]. The number of aromatic carboxylic acids is 1. The second-order valence-electron chi connectivity index (χ2n) is 8.12. The normalized spacial score (nSPS) is 11.8. The molecule has 3 nitrogen and oxygen atoms in total. The Morgan fingerprint density at radius 2 is 1.69 bits per heavy atom. The van der Waals surface area contributed by atoms with Crippen LogP contribution in [0, 0.1) is 0 Å². The van der Waals surface area contributed by atoms with Gasteiger partial charge in [0.2, 0.25) is 0 Å². The van der Waals surface area contributed by atoms with Crippen LogP contribution in [0.5, 0.6) is 0 Å². The number of benzene rings is 3. The molecular weight excluding hydrogens is 411 g/mol. The third-order valence-electron chi connectivity index (χ3n) is 5.62. The van der Waals surface area contributed by atoms with Gasteiger partial charge < -0.3 is 15.0 Å². The molecule has 1 unspecified atom stereocenters. The largest absolute Gasteiger partial charge is 1.00 e. The van der Waals surface area contributed by atoms with E-state index in [1.165, 1.54) is 37.7 Å². The summed E-state index contributed by atoms with van der Waals surface area (Å²) in [4.78, 5) is 12.0. The average Bonchev–Trinajstić information content (AvgIpc) is 2.79. The van der Waals surface area contributed by atoms with E-state index in [1.807, 2.05) is 12.1 Å². The topological polar surface area (TPSA) is 60.4 Å². The standard InChI is InChI=1S/C27H32O3S.Li/c1-2-3-4-5-6-7-11-26(28)22-15-14-21-13-12-20(16-24(21)17-22)19-31-25-10-8-9-23(18-25)27(29)30;/h8-10,12-18,26,28H,2-7,11,19H2,1H3,(H,29,30);/q;+1/p-1. The number of carbonyl (C=O) groups excluding carboxylic acids is 1. The third kappa shape index (κ3) is 8.01. The summed E-state index contributed by atoms with van der Waals surface area (Å²) in [6.45, 7) is 2.22. The number of rotatable bonds is 12. The van der Waals surface area contributed by atoms with Crippen LogP contribution in [0.1, 0.15) is 79.5 Å². The summed E-state index contributed by atoms with van der Waals surface area (Å²) in [7, 11) is 0. The van der Waals surface area contributed by atoms with Crippen molar-refractivity contribution < 1.29 is 33.9 Å². The van der Waals surface area contributed by atoms with Gasteiger partial charge in [-0.05, 0) is 52.1 Å². The predicted octanol–water partition coefficient (Wildman–Crippen LogP) is 3.28. The zero-order chi connectivity index (χ0) is 22.1. The molecule has 0 aliphatic carbocycles. The molecule has 1 N–H and O–H groups in total. The van der Waals surface area contributed by atoms with Gasteiger partial charge in [0.05, 0.1) is 12.1 Å². The molecule has 0 radical (unpaired) electrons. The van der Waals surface area contributed by atoms with E-state index < -0.39 is 12.1 Å². The zero-order valence-electron chi connectivity index (χ0n) is 19.2. The predicted molar refractivity (Wildman–Crippen MR) is 127 cm³/mol. The Kier molecular flexibility index (Phi) is 11.4. The number of unbranched alkanes of at least 4 members (excludes halogenated alkanes) is 5. The van der Waals surface area contributed by atoms with Crippen molar-refractivity contribution in [3.8, 4) is 0 Å². The fourth-order valence-corrected chi connectivity index (χ4v) is 4.67. The third-order valence-corrected chi connectivity index (χ3v) is 6.68. The molecule has 5 heteroatoms.